The number of rotatable bonds is 15. The van der Waals surface area contributed by atoms with Crippen LogP contribution in [0, 0.1) is 0 Å². The Balaban J connectivity index is 3.17. The number of carbonyl (C=O) groups is 2. The van der Waals surface area contributed by atoms with Gasteiger partial charge in [-0.05, 0) is 25.7 Å². The largest absolute Gasteiger partial charge is 0.466 e. The average molecular weight is 444 g/mol. The maximum absolute atomic E-state index is 11.2. The number of alkyl halides is 2. The molecule has 0 amide bonds. The average Bonchev–Trinajstić information content (AvgIpc) is 2.52. The molecule has 0 aliphatic rings. The van der Waals surface area contributed by atoms with Gasteiger partial charge in [0.25, 0.3) is 0 Å². The first-order chi connectivity index (χ1) is 10.7. The Labute approximate surface area is 150 Å². The third-order valence-electron chi connectivity index (χ3n) is 3.09. The second-order valence-electron chi connectivity index (χ2n) is 5.15. The fourth-order valence-electron chi connectivity index (χ4n) is 1.85. The lowest BCUT2D eigenvalue weighted by molar-refractivity contribution is -0.144. The Morgan fingerprint density at radius 3 is 1.32 bits per heavy atom. The molecule has 0 aromatic heterocycles. The molecule has 0 heterocycles. The third kappa shape index (κ3) is 16.3. The predicted molar refractivity (Wildman–Crippen MR) is 95.7 cm³/mol. The standard InChI is InChI=1S/C16H28Br2O4/c17-11-7-9-15(19)21-13-5-3-1-2-4-6-14-22-16(20)10-8-12-18/h1-14H2. The molecule has 0 radical (unpaired) electrons. The molecule has 0 spiro atoms. The molecule has 0 N–H and O–H groups in total. The van der Waals surface area contributed by atoms with Crippen molar-refractivity contribution in [3.05, 3.63) is 0 Å². The summed E-state index contributed by atoms with van der Waals surface area (Å²) in [5, 5.41) is 1.68. The van der Waals surface area contributed by atoms with E-state index >= 15 is 0 Å². The zero-order chi connectivity index (χ0) is 16.5. The van der Waals surface area contributed by atoms with E-state index in [1.807, 2.05) is 0 Å². The normalized spacial score (nSPS) is 10.5. The summed E-state index contributed by atoms with van der Waals surface area (Å²) in [4.78, 5) is 22.5. The highest BCUT2D eigenvalue weighted by Crippen LogP contribution is 2.07. The molecule has 22 heavy (non-hydrogen) atoms. The van der Waals surface area contributed by atoms with Crippen molar-refractivity contribution < 1.29 is 19.1 Å². The van der Waals surface area contributed by atoms with Gasteiger partial charge in [0.15, 0.2) is 0 Å². The maximum Gasteiger partial charge on any atom is 0.305 e. The number of esters is 2. The van der Waals surface area contributed by atoms with Crippen molar-refractivity contribution in [2.24, 2.45) is 0 Å². The van der Waals surface area contributed by atoms with Gasteiger partial charge in [0.2, 0.25) is 0 Å². The summed E-state index contributed by atoms with van der Waals surface area (Å²) in [6, 6.07) is 0. The van der Waals surface area contributed by atoms with Crippen LogP contribution in [-0.4, -0.2) is 35.8 Å². The van der Waals surface area contributed by atoms with Crippen LogP contribution < -0.4 is 0 Å². The number of ether oxygens (including phenoxy) is 2. The molecule has 4 nitrogen and oxygen atoms in total. The molecule has 0 saturated carbocycles. The summed E-state index contributed by atoms with van der Waals surface area (Å²) in [7, 11) is 0. The Kier molecular flexibility index (Phi) is 17.2. The van der Waals surface area contributed by atoms with Gasteiger partial charge in [-0.15, -0.1) is 0 Å². The molecular formula is C16H28Br2O4. The van der Waals surface area contributed by atoms with Crippen molar-refractivity contribution in [3.8, 4) is 0 Å². The van der Waals surface area contributed by atoms with E-state index in [-0.39, 0.29) is 11.9 Å². The van der Waals surface area contributed by atoms with Gasteiger partial charge in [-0.3, -0.25) is 9.59 Å². The van der Waals surface area contributed by atoms with E-state index in [9.17, 15) is 9.59 Å². The number of halogens is 2. The SMILES string of the molecule is O=C(CCCBr)OCCCCCCCCOC(=O)CCCBr. The zero-order valence-corrected chi connectivity index (χ0v) is 16.5. The summed E-state index contributed by atoms with van der Waals surface area (Å²) in [6.07, 6.45) is 8.96. The first-order valence-corrected chi connectivity index (χ1v) is 10.4. The molecular weight excluding hydrogens is 416 g/mol. The molecule has 0 unspecified atom stereocenters. The minimum atomic E-state index is -0.0961. The Morgan fingerprint density at radius 1 is 0.591 bits per heavy atom. The van der Waals surface area contributed by atoms with Crippen LogP contribution in [0.4, 0.5) is 0 Å². The summed E-state index contributed by atoms with van der Waals surface area (Å²) >= 11 is 6.58. The summed E-state index contributed by atoms with van der Waals surface area (Å²) in [5.41, 5.74) is 0. The topological polar surface area (TPSA) is 52.6 Å². The first kappa shape index (κ1) is 21.9. The molecule has 0 saturated heterocycles. The van der Waals surface area contributed by atoms with Crippen molar-refractivity contribution >= 4 is 43.8 Å². The van der Waals surface area contributed by atoms with Gasteiger partial charge in [0.1, 0.15) is 0 Å². The molecule has 0 rings (SSSR count). The molecule has 6 heteroatoms. The van der Waals surface area contributed by atoms with Gasteiger partial charge in [-0.1, -0.05) is 57.5 Å². The van der Waals surface area contributed by atoms with Gasteiger partial charge < -0.3 is 9.47 Å². The number of hydrogen-bond donors (Lipinski definition) is 0. The van der Waals surface area contributed by atoms with E-state index in [1.54, 1.807) is 0 Å². The van der Waals surface area contributed by atoms with Gasteiger partial charge >= 0.3 is 11.9 Å². The first-order valence-electron chi connectivity index (χ1n) is 8.14. The fraction of sp³-hybridized carbons (Fsp3) is 0.875. The molecule has 0 atom stereocenters. The van der Waals surface area contributed by atoms with Crippen LogP contribution in [0.2, 0.25) is 0 Å². The predicted octanol–water partition coefficient (Wildman–Crippen LogP) is 4.76. The van der Waals surface area contributed by atoms with Crippen LogP contribution >= 0.6 is 31.9 Å². The molecule has 0 aromatic carbocycles. The molecule has 0 fully saturated rings. The third-order valence-corrected chi connectivity index (χ3v) is 4.22. The summed E-state index contributed by atoms with van der Waals surface area (Å²) in [6.45, 7) is 1.07. The van der Waals surface area contributed by atoms with E-state index in [2.05, 4.69) is 31.9 Å². The highest BCUT2D eigenvalue weighted by molar-refractivity contribution is 9.09. The lowest BCUT2D eigenvalue weighted by Crippen LogP contribution is -2.06. The molecule has 130 valence electrons. The monoisotopic (exact) mass is 442 g/mol. The summed E-state index contributed by atoms with van der Waals surface area (Å²) < 4.78 is 10.3. The smallest absolute Gasteiger partial charge is 0.305 e. The molecule has 0 aromatic rings. The van der Waals surface area contributed by atoms with Crippen molar-refractivity contribution in [3.63, 3.8) is 0 Å². The van der Waals surface area contributed by atoms with Crippen LogP contribution in [0.3, 0.4) is 0 Å². The molecule has 0 aliphatic carbocycles. The Bertz CT molecular complexity index is 257. The van der Waals surface area contributed by atoms with Crippen LogP contribution in [-0.2, 0) is 19.1 Å². The van der Waals surface area contributed by atoms with Crippen molar-refractivity contribution in [2.45, 2.75) is 64.2 Å². The minimum absolute atomic E-state index is 0.0961. The van der Waals surface area contributed by atoms with E-state index < -0.39 is 0 Å². The van der Waals surface area contributed by atoms with E-state index in [0.29, 0.717) is 26.1 Å². The Hall–Kier alpha value is -0.100. The van der Waals surface area contributed by atoms with Gasteiger partial charge in [-0.2, -0.15) is 0 Å². The second-order valence-corrected chi connectivity index (χ2v) is 6.73. The molecule has 0 aliphatic heterocycles. The highest BCUT2D eigenvalue weighted by Gasteiger charge is 2.02. The lowest BCUT2D eigenvalue weighted by atomic mass is 10.1. The quantitative estimate of drug-likeness (QED) is 0.208. The van der Waals surface area contributed by atoms with Crippen LogP contribution in [0.15, 0.2) is 0 Å². The maximum atomic E-state index is 11.2. The van der Waals surface area contributed by atoms with Crippen LogP contribution in [0.25, 0.3) is 0 Å². The van der Waals surface area contributed by atoms with E-state index in [4.69, 9.17) is 9.47 Å². The number of unbranched alkanes of at least 4 members (excludes halogenated alkanes) is 5. The van der Waals surface area contributed by atoms with Gasteiger partial charge in [0, 0.05) is 23.5 Å². The lowest BCUT2D eigenvalue weighted by Gasteiger charge is -2.05. The molecule has 0 bridgehead atoms. The number of hydrogen-bond acceptors (Lipinski definition) is 4. The minimum Gasteiger partial charge on any atom is -0.466 e. The van der Waals surface area contributed by atoms with E-state index in [1.165, 1.54) is 0 Å². The Morgan fingerprint density at radius 2 is 0.955 bits per heavy atom. The van der Waals surface area contributed by atoms with Gasteiger partial charge in [-0.25, -0.2) is 0 Å². The van der Waals surface area contributed by atoms with Crippen molar-refractivity contribution in [1.82, 2.24) is 0 Å². The fourth-order valence-corrected chi connectivity index (χ4v) is 2.41. The number of carbonyl (C=O) groups excluding carboxylic acids is 2. The van der Waals surface area contributed by atoms with Crippen LogP contribution in [0.1, 0.15) is 64.2 Å². The summed E-state index contributed by atoms with van der Waals surface area (Å²) in [5.74, 6) is -0.192. The van der Waals surface area contributed by atoms with E-state index in [0.717, 1.165) is 62.0 Å². The second kappa shape index (κ2) is 17.3. The van der Waals surface area contributed by atoms with Gasteiger partial charge in [0.05, 0.1) is 13.2 Å². The highest BCUT2D eigenvalue weighted by atomic mass is 79.9. The van der Waals surface area contributed by atoms with Crippen LogP contribution in [0.5, 0.6) is 0 Å². The van der Waals surface area contributed by atoms with Crippen molar-refractivity contribution in [1.29, 1.82) is 0 Å². The van der Waals surface area contributed by atoms with Crippen molar-refractivity contribution in [2.75, 3.05) is 23.9 Å². The zero-order valence-electron chi connectivity index (χ0n) is 13.3.